The average Bonchev–Trinajstić information content (AvgIpc) is 2.55. The molecule has 24 heavy (non-hydrogen) atoms. The normalized spacial score (nSPS) is 23.6. The van der Waals surface area contributed by atoms with Crippen LogP contribution in [0.5, 0.6) is 0 Å². The quantitative estimate of drug-likeness (QED) is 0.653. The van der Waals surface area contributed by atoms with E-state index in [0.717, 1.165) is 11.1 Å². The van der Waals surface area contributed by atoms with Crippen LogP contribution in [0.2, 0.25) is 0 Å². The van der Waals surface area contributed by atoms with Crippen LogP contribution in [0.3, 0.4) is 0 Å². The average molecular weight is 329 g/mol. The van der Waals surface area contributed by atoms with Gasteiger partial charge in [0.25, 0.3) is 0 Å². The van der Waals surface area contributed by atoms with Gasteiger partial charge in [0.15, 0.2) is 0 Å². The van der Waals surface area contributed by atoms with Crippen molar-refractivity contribution in [2.75, 3.05) is 7.05 Å². The van der Waals surface area contributed by atoms with Gasteiger partial charge in [-0.1, -0.05) is 35.9 Å². The fraction of sp³-hybridized carbons (Fsp3) is 0.429. The van der Waals surface area contributed by atoms with Crippen molar-refractivity contribution in [3.63, 3.8) is 0 Å². The van der Waals surface area contributed by atoms with Gasteiger partial charge in [-0.15, -0.1) is 0 Å². The molecule has 0 radical (unpaired) electrons. The molecule has 1 fully saturated rings. The molecule has 0 saturated heterocycles. The lowest BCUT2D eigenvalue weighted by Gasteiger charge is -2.31. The number of likely N-dealkylation sites (N-methyl/N-ethyl adjacent to an activating group) is 1. The van der Waals surface area contributed by atoms with Crippen molar-refractivity contribution >= 4 is 11.6 Å². The van der Waals surface area contributed by atoms with Crippen LogP contribution in [-0.4, -0.2) is 23.9 Å². The first-order valence-corrected chi connectivity index (χ1v) is 8.64. The molecule has 1 aliphatic carbocycles. The van der Waals surface area contributed by atoms with Gasteiger partial charge < -0.3 is 4.90 Å². The zero-order valence-electron chi connectivity index (χ0n) is 14.7. The maximum absolute atomic E-state index is 13.2. The fourth-order valence-corrected chi connectivity index (χ4v) is 3.53. The molecule has 1 atom stereocenters. The Morgan fingerprint density at radius 2 is 1.75 bits per heavy atom. The van der Waals surface area contributed by atoms with Crippen LogP contribution >= 0.6 is 0 Å². The molecule has 1 aliphatic heterocycles. The van der Waals surface area contributed by atoms with Gasteiger partial charge >= 0.3 is 0 Å². The summed E-state index contributed by atoms with van der Waals surface area (Å²) in [7, 11) is 2.09. The van der Waals surface area contributed by atoms with E-state index in [1.807, 2.05) is 0 Å². The number of hydrogen-bond acceptors (Lipinski definition) is 1. The van der Waals surface area contributed by atoms with Crippen molar-refractivity contribution in [3.8, 4) is 0 Å². The van der Waals surface area contributed by atoms with Crippen molar-refractivity contribution in [1.82, 2.24) is 4.90 Å². The Hall–Kier alpha value is -1.90. The molecular formula is C21H25F2N. The molecule has 0 bridgehead atoms. The van der Waals surface area contributed by atoms with E-state index in [1.165, 1.54) is 16.7 Å². The smallest absolute Gasteiger partial charge is 0.248 e. The van der Waals surface area contributed by atoms with Crippen LogP contribution < -0.4 is 0 Å². The molecule has 3 heteroatoms. The van der Waals surface area contributed by atoms with Gasteiger partial charge in [0.1, 0.15) is 0 Å². The van der Waals surface area contributed by atoms with Crippen LogP contribution in [0.25, 0.3) is 11.6 Å². The van der Waals surface area contributed by atoms with Gasteiger partial charge in [0.05, 0.1) is 6.04 Å². The van der Waals surface area contributed by atoms with Gasteiger partial charge in [0, 0.05) is 19.9 Å². The van der Waals surface area contributed by atoms with E-state index in [4.69, 9.17) is 0 Å². The third-order valence-corrected chi connectivity index (χ3v) is 5.23. The van der Waals surface area contributed by atoms with Gasteiger partial charge in [0.2, 0.25) is 5.92 Å². The maximum Gasteiger partial charge on any atom is 0.248 e. The van der Waals surface area contributed by atoms with Crippen molar-refractivity contribution in [1.29, 1.82) is 0 Å². The summed E-state index contributed by atoms with van der Waals surface area (Å²) in [6.07, 6.45) is 7.32. The first-order chi connectivity index (χ1) is 11.4. The number of nitrogens with zero attached hydrogens (tertiary/aromatic N) is 1. The lowest BCUT2D eigenvalue weighted by molar-refractivity contribution is -0.0243. The monoisotopic (exact) mass is 329 g/mol. The minimum Gasteiger partial charge on any atom is -0.374 e. The molecular weight excluding hydrogens is 304 g/mol. The maximum atomic E-state index is 13.2. The van der Waals surface area contributed by atoms with E-state index in [1.54, 1.807) is 0 Å². The summed E-state index contributed by atoms with van der Waals surface area (Å²) < 4.78 is 26.5. The Labute approximate surface area is 143 Å². The molecule has 1 saturated carbocycles. The van der Waals surface area contributed by atoms with Gasteiger partial charge in [-0.3, -0.25) is 0 Å². The zero-order valence-corrected chi connectivity index (χ0v) is 14.7. The Balaban J connectivity index is 1.78. The first-order valence-electron chi connectivity index (χ1n) is 8.64. The molecule has 1 heterocycles. The van der Waals surface area contributed by atoms with Crippen LogP contribution in [0.15, 0.2) is 47.7 Å². The fourth-order valence-electron chi connectivity index (χ4n) is 3.53. The number of hydrogen-bond donors (Lipinski definition) is 0. The van der Waals surface area contributed by atoms with Gasteiger partial charge in [-0.2, -0.15) is 0 Å². The largest absolute Gasteiger partial charge is 0.374 e. The van der Waals surface area contributed by atoms with Crippen molar-refractivity contribution in [2.45, 2.75) is 51.5 Å². The summed E-state index contributed by atoms with van der Waals surface area (Å²) in [6, 6.07) is 8.83. The molecule has 1 unspecified atom stereocenters. The summed E-state index contributed by atoms with van der Waals surface area (Å²) in [4.78, 5) is 2.21. The van der Waals surface area contributed by atoms with Crippen LogP contribution in [0.4, 0.5) is 8.78 Å². The minimum atomic E-state index is -2.47. The number of alkyl halides is 2. The van der Waals surface area contributed by atoms with Crippen molar-refractivity contribution in [3.05, 3.63) is 58.8 Å². The van der Waals surface area contributed by atoms with E-state index >= 15 is 0 Å². The summed E-state index contributed by atoms with van der Waals surface area (Å²) in [5, 5.41) is 0. The summed E-state index contributed by atoms with van der Waals surface area (Å²) in [5.74, 6) is -2.47. The lowest BCUT2D eigenvalue weighted by Crippen LogP contribution is -2.28. The van der Waals surface area contributed by atoms with Gasteiger partial charge in [-0.05, 0) is 61.2 Å². The second kappa shape index (κ2) is 6.54. The molecule has 128 valence electrons. The predicted molar refractivity (Wildman–Crippen MR) is 96.8 cm³/mol. The third-order valence-electron chi connectivity index (χ3n) is 5.23. The number of allylic oxidation sites excluding steroid dienone is 3. The molecule has 0 amide bonds. The topological polar surface area (TPSA) is 3.24 Å². The zero-order chi connectivity index (χ0) is 17.3. The Bertz CT molecular complexity index is 683. The molecule has 0 spiro atoms. The highest BCUT2D eigenvalue weighted by Crippen LogP contribution is 2.36. The van der Waals surface area contributed by atoms with Crippen LogP contribution in [0.1, 0.15) is 50.7 Å². The highest BCUT2D eigenvalue weighted by molar-refractivity contribution is 5.75. The number of halogens is 2. The minimum absolute atomic E-state index is 0.0147. The Morgan fingerprint density at radius 3 is 2.38 bits per heavy atom. The molecule has 3 rings (SSSR count). The summed E-state index contributed by atoms with van der Waals surface area (Å²) in [6.45, 7) is 4.36. The Kier molecular flexibility index (Phi) is 4.62. The van der Waals surface area contributed by atoms with Gasteiger partial charge in [-0.25, -0.2) is 8.78 Å². The second-order valence-corrected chi connectivity index (χ2v) is 7.03. The Morgan fingerprint density at radius 1 is 1.12 bits per heavy atom. The number of rotatable bonds is 2. The second-order valence-electron chi connectivity index (χ2n) is 7.03. The molecule has 1 aromatic rings. The molecule has 2 aliphatic rings. The molecule has 0 N–H and O–H groups in total. The lowest BCUT2D eigenvalue weighted by atomic mass is 9.89. The van der Waals surface area contributed by atoms with Crippen molar-refractivity contribution < 1.29 is 8.78 Å². The third kappa shape index (κ3) is 3.61. The van der Waals surface area contributed by atoms with E-state index < -0.39 is 5.92 Å². The summed E-state index contributed by atoms with van der Waals surface area (Å²) >= 11 is 0. The van der Waals surface area contributed by atoms with Crippen molar-refractivity contribution in [2.24, 2.45) is 0 Å². The van der Waals surface area contributed by atoms with Crippen LogP contribution in [-0.2, 0) is 0 Å². The van der Waals surface area contributed by atoms with E-state index in [0.29, 0.717) is 18.9 Å². The molecule has 1 aromatic carbocycles. The van der Waals surface area contributed by atoms with Crippen LogP contribution in [0, 0.1) is 0 Å². The standard InChI is InChI=1S/C21H25F2N/c1-15-10-13-24(3)16(2)20(15)19-6-4-17(5-7-19)14-18-8-11-21(22,23)12-9-18/h4-7,10,13-14,16H,8-9,11-12H2,1-3H3. The predicted octanol–water partition coefficient (Wildman–Crippen LogP) is 5.90. The molecule has 0 aromatic heterocycles. The SMILES string of the molecule is CC1=C(c2ccc(C=C3CCC(F)(F)CC3)cc2)C(C)N(C)C=C1. The summed E-state index contributed by atoms with van der Waals surface area (Å²) in [5.41, 5.74) is 6.11. The highest BCUT2D eigenvalue weighted by Gasteiger charge is 2.32. The number of benzene rings is 1. The molecule has 1 nitrogen and oxygen atoms in total. The van der Waals surface area contributed by atoms with E-state index in [-0.39, 0.29) is 12.8 Å². The van der Waals surface area contributed by atoms with E-state index in [2.05, 4.69) is 68.4 Å². The van der Waals surface area contributed by atoms with E-state index in [9.17, 15) is 8.78 Å². The first kappa shape index (κ1) is 16.9. The highest BCUT2D eigenvalue weighted by atomic mass is 19.3.